The van der Waals surface area contributed by atoms with Gasteiger partial charge in [-0.3, -0.25) is 5.10 Å². The molecule has 0 fully saturated rings. The van der Waals surface area contributed by atoms with E-state index in [0.717, 1.165) is 22.3 Å². The lowest BCUT2D eigenvalue weighted by Gasteiger charge is -2.07. The molecule has 0 atom stereocenters. The maximum absolute atomic E-state index is 6.06. The third-order valence-corrected chi connectivity index (χ3v) is 3.46. The zero-order chi connectivity index (χ0) is 15.8. The number of H-pyrrole nitrogens is 2. The van der Waals surface area contributed by atoms with Crippen LogP contribution >= 0.6 is 0 Å². The van der Waals surface area contributed by atoms with Crippen molar-refractivity contribution in [2.45, 2.75) is 6.92 Å². The normalized spacial score (nSPS) is 11.0. The fourth-order valence-electron chi connectivity index (χ4n) is 2.38. The van der Waals surface area contributed by atoms with Crippen LogP contribution in [-0.4, -0.2) is 30.1 Å². The molecule has 4 aromatic rings. The topological polar surface area (TPSA) is 121 Å². The number of anilines is 3. The number of aromatic nitrogens is 6. The number of aromatic amines is 2. The lowest BCUT2D eigenvalue weighted by atomic mass is 10.1. The van der Waals surface area contributed by atoms with Crippen molar-refractivity contribution in [1.82, 2.24) is 30.1 Å². The first-order chi connectivity index (χ1) is 11.2. The van der Waals surface area contributed by atoms with Gasteiger partial charge < -0.3 is 16.0 Å². The number of nitrogen functional groups attached to an aromatic ring is 1. The zero-order valence-corrected chi connectivity index (χ0v) is 12.3. The van der Waals surface area contributed by atoms with Crippen LogP contribution in [0.1, 0.15) is 5.69 Å². The molecule has 4 rings (SSSR count). The predicted octanol–water partition coefficient (Wildman–Crippen LogP) is 2.38. The smallest absolute Gasteiger partial charge is 0.153 e. The molecular weight excluding hydrogens is 292 g/mol. The van der Waals surface area contributed by atoms with Crippen LogP contribution < -0.4 is 11.1 Å². The fourth-order valence-corrected chi connectivity index (χ4v) is 2.38. The number of aryl methyl sites for hydroxylation is 1. The summed E-state index contributed by atoms with van der Waals surface area (Å²) in [7, 11) is 0. The van der Waals surface area contributed by atoms with Gasteiger partial charge in [0.05, 0.1) is 23.6 Å². The molecule has 0 amide bonds. The highest BCUT2D eigenvalue weighted by atomic mass is 15.2. The summed E-state index contributed by atoms with van der Waals surface area (Å²) in [5, 5.41) is 10.0. The number of hydrogen-bond donors (Lipinski definition) is 4. The van der Waals surface area contributed by atoms with E-state index in [1.165, 1.54) is 0 Å². The average Bonchev–Trinajstić information content (AvgIpc) is 3.15. The fraction of sp³-hybridized carbons (Fsp3) is 0.0667. The second kappa shape index (κ2) is 5.09. The van der Waals surface area contributed by atoms with Gasteiger partial charge in [0.1, 0.15) is 5.69 Å². The van der Waals surface area contributed by atoms with Crippen LogP contribution in [0, 0.1) is 6.92 Å². The molecule has 8 nitrogen and oxygen atoms in total. The molecule has 0 saturated carbocycles. The SMILES string of the molecule is Cc1cc(Nc2cnc(-c3ccc4nc[nH]c4c3)c(N)n2)n[nH]1. The average molecular weight is 306 g/mol. The molecule has 3 heterocycles. The Labute approximate surface area is 131 Å². The Balaban J connectivity index is 1.67. The molecule has 0 radical (unpaired) electrons. The molecule has 5 N–H and O–H groups in total. The van der Waals surface area contributed by atoms with E-state index in [4.69, 9.17) is 5.73 Å². The number of rotatable bonds is 3. The Bertz CT molecular complexity index is 984. The van der Waals surface area contributed by atoms with Crippen LogP contribution in [0.2, 0.25) is 0 Å². The van der Waals surface area contributed by atoms with Crippen molar-refractivity contribution in [2.24, 2.45) is 0 Å². The van der Waals surface area contributed by atoms with E-state index in [1.54, 1.807) is 12.5 Å². The van der Waals surface area contributed by atoms with Gasteiger partial charge in [-0.25, -0.2) is 15.0 Å². The molecule has 114 valence electrons. The number of hydrogen-bond acceptors (Lipinski definition) is 6. The first-order valence-corrected chi connectivity index (χ1v) is 7.04. The van der Waals surface area contributed by atoms with Crippen molar-refractivity contribution in [3.63, 3.8) is 0 Å². The predicted molar refractivity (Wildman–Crippen MR) is 88.1 cm³/mol. The van der Waals surface area contributed by atoms with Crippen molar-refractivity contribution in [3.8, 4) is 11.3 Å². The standard InChI is InChI=1S/C15H14N8/c1-8-4-12(23-22-8)20-13-6-17-14(15(16)21-13)9-2-3-10-11(5-9)19-7-18-10/h2-7H,1H3,(H,18,19)(H4,16,20,21,22,23). The molecule has 8 heteroatoms. The minimum absolute atomic E-state index is 0.348. The molecule has 0 aliphatic carbocycles. The van der Waals surface area contributed by atoms with Gasteiger partial charge in [-0.1, -0.05) is 6.07 Å². The summed E-state index contributed by atoms with van der Waals surface area (Å²) in [5.74, 6) is 1.56. The number of nitrogens with two attached hydrogens (primary N) is 1. The molecule has 0 unspecified atom stereocenters. The van der Waals surface area contributed by atoms with E-state index >= 15 is 0 Å². The van der Waals surface area contributed by atoms with Crippen LogP contribution in [0.25, 0.3) is 22.3 Å². The van der Waals surface area contributed by atoms with Crippen molar-refractivity contribution in [1.29, 1.82) is 0 Å². The Morgan fingerprint density at radius 1 is 1.13 bits per heavy atom. The second-order valence-electron chi connectivity index (χ2n) is 5.18. The van der Waals surface area contributed by atoms with Crippen molar-refractivity contribution < 1.29 is 0 Å². The Kier molecular flexibility index (Phi) is 2.94. The maximum atomic E-state index is 6.06. The largest absolute Gasteiger partial charge is 0.382 e. The van der Waals surface area contributed by atoms with Gasteiger partial charge in [-0.2, -0.15) is 5.10 Å². The van der Waals surface area contributed by atoms with E-state index in [2.05, 4.69) is 35.5 Å². The minimum atomic E-state index is 0.348. The van der Waals surface area contributed by atoms with E-state index in [1.807, 2.05) is 31.2 Å². The molecule has 23 heavy (non-hydrogen) atoms. The van der Waals surface area contributed by atoms with Gasteiger partial charge in [0.15, 0.2) is 17.5 Å². The highest BCUT2D eigenvalue weighted by Gasteiger charge is 2.09. The Morgan fingerprint density at radius 3 is 2.83 bits per heavy atom. The molecule has 0 bridgehead atoms. The molecule has 0 aliphatic heterocycles. The minimum Gasteiger partial charge on any atom is -0.382 e. The quantitative estimate of drug-likeness (QED) is 0.461. The number of imidazole rings is 1. The number of benzene rings is 1. The third-order valence-electron chi connectivity index (χ3n) is 3.46. The molecular formula is C15H14N8. The van der Waals surface area contributed by atoms with Crippen LogP contribution in [0.15, 0.2) is 36.8 Å². The molecule has 3 aromatic heterocycles. The summed E-state index contributed by atoms with van der Waals surface area (Å²) < 4.78 is 0. The Hall–Kier alpha value is -3.42. The van der Waals surface area contributed by atoms with E-state index in [-0.39, 0.29) is 0 Å². The van der Waals surface area contributed by atoms with Crippen molar-refractivity contribution in [3.05, 3.63) is 42.5 Å². The van der Waals surface area contributed by atoms with Gasteiger partial charge in [0.2, 0.25) is 0 Å². The number of fused-ring (bicyclic) bond motifs is 1. The monoisotopic (exact) mass is 306 g/mol. The molecule has 0 spiro atoms. The first kappa shape index (κ1) is 13.3. The lowest BCUT2D eigenvalue weighted by molar-refractivity contribution is 1.05. The summed E-state index contributed by atoms with van der Waals surface area (Å²) >= 11 is 0. The molecule has 0 saturated heterocycles. The highest BCUT2D eigenvalue weighted by Crippen LogP contribution is 2.26. The molecule has 0 aliphatic rings. The number of nitrogens with zero attached hydrogens (tertiary/aromatic N) is 4. The van der Waals surface area contributed by atoms with Gasteiger partial charge in [0.25, 0.3) is 0 Å². The van der Waals surface area contributed by atoms with Crippen molar-refractivity contribution in [2.75, 3.05) is 11.1 Å². The summed E-state index contributed by atoms with van der Waals surface area (Å²) in [4.78, 5) is 16.0. The van der Waals surface area contributed by atoms with Crippen LogP contribution in [-0.2, 0) is 0 Å². The van der Waals surface area contributed by atoms with Gasteiger partial charge in [0, 0.05) is 17.3 Å². The van der Waals surface area contributed by atoms with E-state index < -0.39 is 0 Å². The lowest BCUT2D eigenvalue weighted by Crippen LogP contribution is -2.02. The van der Waals surface area contributed by atoms with Gasteiger partial charge in [-0.15, -0.1) is 0 Å². The summed E-state index contributed by atoms with van der Waals surface area (Å²) in [6.45, 7) is 1.92. The van der Waals surface area contributed by atoms with Crippen LogP contribution in [0.5, 0.6) is 0 Å². The zero-order valence-electron chi connectivity index (χ0n) is 12.3. The van der Waals surface area contributed by atoms with Gasteiger partial charge >= 0.3 is 0 Å². The summed E-state index contributed by atoms with van der Waals surface area (Å²) in [5.41, 5.74) is 10.4. The molecule has 1 aromatic carbocycles. The second-order valence-corrected chi connectivity index (χ2v) is 5.18. The van der Waals surface area contributed by atoms with Crippen LogP contribution in [0.4, 0.5) is 17.5 Å². The van der Waals surface area contributed by atoms with E-state index in [9.17, 15) is 0 Å². The number of nitrogens with one attached hydrogen (secondary N) is 3. The first-order valence-electron chi connectivity index (χ1n) is 7.04. The van der Waals surface area contributed by atoms with Crippen LogP contribution in [0.3, 0.4) is 0 Å². The maximum Gasteiger partial charge on any atom is 0.153 e. The van der Waals surface area contributed by atoms with Crippen molar-refractivity contribution >= 4 is 28.5 Å². The van der Waals surface area contributed by atoms with Gasteiger partial charge in [-0.05, 0) is 19.1 Å². The highest BCUT2D eigenvalue weighted by molar-refractivity contribution is 5.83. The summed E-state index contributed by atoms with van der Waals surface area (Å²) in [6.07, 6.45) is 3.29. The Morgan fingerprint density at radius 2 is 2.04 bits per heavy atom. The summed E-state index contributed by atoms with van der Waals surface area (Å²) in [6, 6.07) is 7.67. The third kappa shape index (κ3) is 2.46. The van der Waals surface area contributed by atoms with E-state index in [0.29, 0.717) is 23.1 Å².